The average Bonchev–Trinajstić information content (AvgIpc) is 2.54. The number of hydrogen-bond donors (Lipinski definition) is 2. The number of rotatable bonds is 1. The van der Waals surface area contributed by atoms with E-state index in [0.717, 1.165) is 0 Å². The predicted molar refractivity (Wildman–Crippen MR) is 47.9 cm³/mol. The molecule has 2 nitrogen and oxygen atoms in total. The zero-order chi connectivity index (χ0) is 8.39. The molecule has 0 saturated carbocycles. The van der Waals surface area contributed by atoms with Crippen LogP contribution in [-0.4, -0.2) is 11.7 Å². The van der Waals surface area contributed by atoms with Crippen molar-refractivity contribution < 1.29 is 5.11 Å². The Hall–Kier alpha value is -1.28. The van der Waals surface area contributed by atoms with Gasteiger partial charge in [-0.25, -0.2) is 0 Å². The van der Waals surface area contributed by atoms with Crippen LogP contribution >= 0.6 is 0 Å². The van der Waals surface area contributed by atoms with Crippen LogP contribution in [0.2, 0.25) is 0 Å². The van der Waals surface area contributed by atoms with Gasteiger partial charge in [0.25, 0.3) is 0 Å². The van der Waals surface area contributed by atoms with Gasteiger partial charge in [-0.1, -0.05) is 30.3 Å². The molecular formula is C10H11NO. The van der Waals surface area contributed by atoms with Crippen LogP contribution in [0.5, 0.6) is 0 Å². The molecule has 2 rings (SSSR count). The zero-order valence-electron chi connectivity index (χ0n) is 6.70. The number of benzene rings is 1. The van der Waals surface area contributed by atoms with Crippen molar-refractivity contribution >= 4 is 0 Å². The summed E-state index contributed by atoms with van der Waals surface area (Å²) in [6.07, 6.45) is 1.84. The molecule has 0 amide bonds. The maximum absolute atomic E-state index is 9.16. The van der Waals surface area contributed by atoms with Crippen molar-refractivity contribution in [1.82, 2.24) is 5.32 Å². The van der Waals surface area contributed by atoms with Crippen molar-refractivity contribution in [2.75, 3.05) is 6.54 Å². The Morgan fingerprint density at radius 2 is 2.00 bits per heavy atom. The molecule has 62 valence electrons. The minimum Gasteiger partial charge on any atom is -0.511 e. The van der Waals surface area contributed by atoms with E-state index in [9.17, 15) is 0 Å². The van der Waals surface area contributed by atoms with Gasteiger partial charge in [-0.3, -0.25) is 5.32 Å². The highest BCUT2D eigenvalue weighted by Crippen LogP contribution is 2.19. The monoisotopic (exact) mass is 161 g/mol. The van der Waals surface area contributed by atoms with E-state index in [0.29, 0.717) is 12.3 Å². The number of hydrogen-bond acceptors (Lipinski definition) is 2. The molecule has 2 heteroatoms. The highest BCUT2D eigenvalue weighted by Gasteiger charge is 2.14. The topological polar surface area (TPSA) is 32.3 Å². The number of nitrogens with one attached hydrogen (secondary N) is 1. The Bertz CT molecular complexity index is 292. The normalized spacial score (nSPS) is 22.3. The van der Waals surface area contributed by atoms with Gasteiger partial charge in [-0.2, -0.15) is 0 Å². The fraction of sp³-hybridized carbons (Fsp3) is 0.200. The molecule has 0 aromatic heterocycles. The summed E-state index contributed by atoms with van der Waals surface area (Å²) in [6.45, 7) is 0.583. The van der Waals surface area contributed by atoms with Gasteiger partial charge in [-0.15, -0.1) is 0 Å². The van der Waals surface area contributed by atoms with Crippen molar-refractivity contribution in [2.24, 2.45) is 0 Å². The first-order valence-electron chi connectivity index (χ1n) is 4.04. The predicted octanol–water partition coefficient (Wildman–Crippen LogP) is 1.77. The second-order valence-electron chi connectivity index (χ2n) is 2.93. The first-order valence-corrected chi connectivity index (χ1v) is 4.04. The largest absolute Gasteiger partial charge is 0.511 e. The number of aliphatic hydroxyl groups excluding tert-OH is 1. The zero-order valence-corrected chi connectivity index (χ0v) is 6.70. The Morgan fingerprint density at radius 3 is 2.58 bits per heavy atom. The highest BCUT2D eigenvalue weighted by molar-refractivity contribution is 5.26. The molecule has 0 fully saturated rings. The second-order valence-corrected chi connectivity index (χ2v) is 2.93. The molecule has 1 aliphatic rings. The van der Waals surface area contributed by atoms with Gasteiger partial charge in [-0.05, 0) is 11.6 Å². The van der Waals surface area contributed by atoms with Gasteiger partial charge in [0.1, 0.15) is 5.76 Å². The van der Waals surface area contributed by atoms with Crippen molar-refractivity contribution in [2.45, 2.75) is 6.04 Å². The van der Waals surface area contributed by atoms with E-state index in [1.54, 1.807) is 0 Å². The van der Waals surface area contributed by atoms with Gasteiger partial charge in [0.15, 0.2) is 0 Å². The molecule has 1 heterocycles. The third-order valence-electron chi connectivity index (χ3n) is 2.02. The van der Waals surface area contributed by atoms with Gasteiger partial charge in [0.05, 0.1) is 12.6 Å². The van der Waals surface area contributed by atoms with Crippen LogP contribution in [-0.2, 0) is 0 Å². The van der Waals surface area contributed by atoms with E-state index in [1.165, 1.54) is 5.56 Å². The lowest BCUT2D eigenvalue weighted by atomic mass is 10.1. The van der Waals surface area contributed by atoms with E-state index in [-0.39, 0.29) is 6.04 Å². The molecule has 1 atom stereocenters. The molecule has 1 aromatic rings. The lowest BCUT2D eigenvalue weighted by Crippen LogP contribution is -2.14. The summed E-state index contributed by atoms with van der Waals surface area (Å²) in [7, 11) is 0. The fourth-order valence-corrected chi connectivity index (χ4v) is 1.40. The molecule has 0 radical (unpaired) electrons. The Morgan fingerprint density at radius 1 is 1.25 bits per heavy atom. The SMILES string of the molecule is OC1=C[C@@H](c2ccccc2)NC1. The third kappa shape index (κ3) is 1.34. The van der Waals surface area contributed by atoms with Crippen molar-refractivity contribution in [1.29, 1.82) is 0 Å². The first-order chi connectivity index (χ1) is 5.86. The van der Waals surface area contributed by atoms with E-state index >= 15 is 0 Å². The molecule has 2 N–H and O–H groups in total. The van der Waals surface area contributed by atoms with E-state index < -0.39 is 0 Å². The van der Waals surface area contributed by atoms with Crippen molar-refractivity contribution in [3.8, 4) is 0 Å². The molecule has 0 unspecified atom stereocenters. The van der Waals surface area contributed by atoms with Crippen LogP contribution < -0.4 is 5.32 Å². The third-order valence-corrected chi connectivity index (χ3v) is 2.02. The summed E-state index contributed by atoms with van der Waals surface area (Å²) in [5.41, 5.74) is 1.20. The standard InChI is InChI=1S/C10H11NO/c12-9-6-10(11-7-9)8-4-2-1-3-5-8/h1-6,10-12H,7H2/t10-/m0/s1. The summed E-state index contributed by atoms with van der Waals surface area (Å²) in [6, 6.07) is 10.3. The maximum atomic E-state index is 9.16. The Labute approximate surface area is 71.5 Å². The quantitative estimate of drug-likeness (QED) is 0.658. The van der Waals surface area contributed by atoms with Crippen LogP contribution in [0.25, 0.3) is 0 Å². The summed E-state index contributed by atoms with van der Waals surface area (Å²) < 4.78 is 0. The molecular weight excluding hydrogens is 150 g/mol. The molecule has 12 heavy (non-hydrogen) atoms. The fourth-order valence-electron chi connectivity index (χ4n) is 1.40. The van der Waals surface area contributed by atoms with Gasteiger partial charge in [0.2, 0.25) is 0 Å². The van der Waals surface area contributed by atoms with Crippen LogP contribution in [0.3, 0.4) is 0 Å². The minimum atomic E-state index is 0.186. The van der Waals surface area contributed by atoms with Crippen LogP contribution in [0.4, 0.5) is 0 Å². The van der Waals surface area contributed by atoms with Crippen LogP contribution in [0.15, 0.2) is 42.2 Å². The molecule has 0 bridgehead atoms. The van der Waals surface area contributed by atoms with Crippen LogP contribution in [0, 0.1) is 0 Å². The molecule has 1 aromatic carbocycles. The van der Waals surface area contributed by atoms with Gasteiger partial charge in [0, 0.05) is 0 Å². The van der Waals surface area contributed by atoms with Crippen LogP contribution in [0.1, 0.15) is 11.6 Å². The lowest BCUT2D eigenvalue weighted by Gasteiger charge is -2.07. The summed E-state index contributed by atoms with van der Waals surface area (Å²) in [5, 5.41) is 12.3. The summed E-state index contributed by atoms with van der Waals surface area (Å²) in [5.74, 6) is 0.434. The van der Waals surface area contributed by atoms with E-state index in [2.05, 4.69) is 5.32 Å². The van der Waals surface area contributed by atoms with E-state index in [4.69, 9.17) is 5.11 Å². The summed E-state index contributed by atoms with van der Waals surface area (Å²) in [4.78, 5) is 0. The molecule has 0 saturated heterocycles. The smallest absolute Gasteiger partial charge is 0.104 e. The molecule has 1 aliphatic heterocycles. The summed E-state index contributed by atoms with van der Waals surface area (Å²) >= 11 is 0. The molecule has 0 aliphatic carbocycles. The molecule has 0 spiro atoms. The van der Waals surface area contributed by atoms with Crippen molar-refractivity contribution in [3.05, 3.63) is 47.7 Å². The highest BCUT2D eigenvalue weighted by atomic mass is 16.3. The second kappa shape index (κ2) is 2.99. The van der Waals surface area contributed by atoms with Gasteiger partial charge < -0.3 is 5.11 Å². The average molecular weight is 161 g/mol. The van der Waals surface area contributed by atoms with Crippen molar-refractivity contribution in [3.63, 3.8) is 0 Å². The number of aliphatic hydroxyl groups is 1. The Kier molecular flexibility index (Phi) is 1.84. The van der Waals surface area contributed by atoms with E-state index in [1.807, 2.05) is 36.4 Å². The maximum Gasteiger partial charge on any atom is 0.104 e. The van der Waals surface area contributed by atoms with Gasteiger partial charge >= 0.3 is 0 Å². The minimum absolute atomic E-state index is 0.186. The lowest BCUT2D eigenvalue weighted by molar-refractivity contribution is 0.404. The Balaban J connectivity index is 2.22. The first kappa shape index (κ1) is 7.37.